The fraction of sp³-hybridized carbons (Fsp3) is 0.667. The monoisotopic (exact) mass is 717 g/mol. The maximum absolute atomic E-state index is 14.1. The van der Waals surface area contributed by atoms with Crippen LogP contribution in [0.5, 0.6) is 5.75 Å². The molecule has 2 aromatic rings. The molecule has 4 N–H and O–H groups in total. The van der Waals surface area contributed by atoms with E-state index in [0.717, 1.165) is 50.0 Å². The van der Waals surface area contributed by atoms with Crippen LogP contribution in [-0.2, 0) is 28.5 Å². The fourth-order valence-electron chi connectivity index (χ4n) is 6.21. The van der Waals surface area contributed by atoms with Crippen molar-refractivity contribution in [3.05, 3.63) is 45.9 Å². The van der Waals surface area contributed by atoms with Gasteiger partial charge in [0.05, 0.1) is 64.9 Å². The van der Waals surface area contributed by atoms with E-state index in [1.807, 2.05) is 4.90 Å². The summed E-state index contributed by atoms with van der Waals surface area (Å²) in [7, 11) is 1.74. The highest BCUT2D eigenvalue weighted by molar-refractivity contribution is 7.10. The number of benzene rings is 1. The number of ether oxygens (including phenoxy) is 5. The van der Waals surface area contributed by atoms with Gasteiger partial charge in [0.15, 0.2) is 0 Å². The molecule has 2 amide bonds. The van der Waals surface area contributed by atoms with E-state index in [9.17, 15) is 14.4 Å². The number of nitrogens with one attached hydrogen (secondary N) is 2. The zero-order chi connectivity index (χ0) is 35.6. The Bertz CT molecular complexity index is 1320. The summed E-state index contributed by atoms with van der Waals surface area (Å²) in [5.74, 6) is 0.253. The van der Waals surface area contributed by atoms with E-state index in [0.29, 0.717) is 89.6 Å². The zero-order valence-corrected chi connectivity index (χ0v) is 30.4. The molecule has 13 nitrogen and oxygen atoms in total. The quantitative estimate of drug-likeness (QED) is 0.114. The molecule has 50 heavy (non-hydrogen) atoms. The van der Waals surface area contributed by atoms with Gasteiger partial charge >= 0.3 is 0 Å². The molecule has 2 fully saturated rings. The maximum Gasteiger partial charge on any atom is 0.246 e. The second-order valence-corrected chi connectivity index (χ2v) is 13.5. The molecule has 1 aliphatic heterocycles. The summed E-state index contributed by atoms with van der Waals surface area (Å²) in [5.41, 5.74) is 6.18. The van der Waals surface area contributed by atoms with Crippen molar-refractivity contribution in [3.8, 4) is 5.75 Å². The van der Waals surface area contributed by atoms with Gasteiger partial charge < -0.3 is 45.0 Å². The molecule has 1 aliphatic carbocycles. The molecule has 278 valence electrons. The zero-order valence-electron chi connectivity index (χ0n) is 29.6. The molecule has 14 heteroatoms. The largest absolute Gasteiger partial charge is 0.491 e. The Morgan fingerprint density at radius 3 is 2.24 bits per heavy atom. The second kappa shape index (κ2) is 22.1. The van der Waals surface area contributed by atoms with Crippen molar-refractivity contribution in [2.24, 2.45) is 11.7 Å². The lowest BCUT2D eigenvalue weighted by Gasteiger charge is -2.35. The molecule has 2 heterocycles. The fourth-order valence-corrected chi connectivity index (χ4v) is 7.15. The standard InChI is InChI=1S/C36H55N5O8S/c1-26(38-2)34(43)40-32(27-8-4-3-5-9-27)36(44)41-14-7-12-31(41)35-39-30(25-50-35)33(42)28-10-6-11-29(24-28)49-23-22-48-21-20-47-19-18-46-17-16-45-15-13-37/h6,10-11,24-27,31-32,38H,3-5,7-9,12-23,37H2,1-2H3,(H,40,43)/t26?,31-,32?/m0/s1. The first-order valence-electron chi connectivity index (χ1n) is 17.9. The Balaban J connectivity index is 1.24. The van der Waals surface area contributed by atoms with Crippen LogP contribution in [0.25, 0.3) is 0 Å². The first-order valence-corrected chi connectivity index (χ1v) is 18.8. The van der Waals surface area contributed by atoms with Crippen molar-refractivity contribution < 1.29 is 38.1 Å². The van der Waals surface area contributed by atoms with Gasteiger partial charge in [-0.2, -0.15) is 0 Å². The highest BCUT2D eigenvalue weighted by atomic mass is 32.1. The van der Waals surface area contributed by atoms with Gasteiger partial charge in [0, 0.05) is 24.0 Å². The number of carbonyl (C=O) groups excluding carboxylic acids is 3. The number of likely N-dealkylation sites (tertiary alicyclic amines) is 1. The molecule has 3 atom stereocenters. The van der Waals surface area contributed by atoms with Crippen LogP contribution in [0.15, 0.2) is 29.6 Å². The molecule has 1 aromatic heterocycles. The number of rotatable bonds is 23. The van der Waals surface area contributed by atoms with E-state index in [-0.39, 0.29) is 29.6 Å². The van der Waals surface area contributed by atoms with Crippen LogP contribution in [0.4, 0.5) is 0 Å². The molecule has 1 aromatic carbocycles. The Morgan fingerprint density at radius 1 is 0.920 bits per heavy atom. The van der Waals surface area contributed by atoms with E-state index < -0.39 is 12.1 Å². The van der Waals surface area contributed by atoms with Gasteiger partial charge in [0.1, 0.15) is 29.1 Å². The summed E-state index contributed by atoms with van der Waals surface area (Å²) >= 11 is 1.40. The number of nitrogens with zero attached hydrogens (tertiary/aromatic N) is 2. The number of thiazole rings is 1. The average Bonchev–Trinajstić information content (AvgIpc) is 3.84. The minimum absolute atomic E-state index is 0.0497. The molecule has 2 aliphatic rings. The smallest absolute Gasteiger partial charge is 0.246 e. The molecule has 0 bridgehead atoms. The van der Waals surface area contributed by atoms with Crippen molar-refractivity contribution >= 4 is 28.9 Å². The summed E-state index contributed by atoms with van der Waals surface area (Å²) in [6.45, 7) is 7.02. The predicted molar refractivity (Wildman–Crippen MR) is 191 cm³/mol. The number of aromatic nitrogens is 1. The summed E-state index contributed by atoms with van der Waals surface area (Å²) < 4.78 is 27.5. The van der Waals surface area contributed by atoms with Crippen LogP contribution < -0.4 is 21.1 Å². The molecule has 2 unspecified atom stereocenters. The van der Waals surface area contributed by atoms with Crippen molar-refractivity contribution in [2.75, 3.05) is 79.6 Å². The normalized spacial score (nSPS) is 17.8. The molecule has 1 saturated heterocycles. The first kappa shape index (κ1) is 39.8. The Morgan fingerprint density at radius 2 is 1.58 bits per heavy atom. The lowest BCUT2D eigenvalue weighted by molar-refractivity contribution is -0.139. The molecular formula is C36H55N5O8S. The van der Waals surface area contributed by atoms with Crippen molar-refractivity contribution in [2.45, 2.75) is 70.0 Å². The Labute approximate surface area is 299 Å². The third kappa shape index (κ3) is 12.4. The Kier molecular flexibility index (Phi) is 17.6. The van der Waals surface area contributed by atoms with E-state index in [1.54, 1.807) is 43.6 Å². The maximum atomic E-state index is 14.1. The number of nitrogens with two attached hydrogens (primary N) is 1. The van der Waals surface area contributed by atoms with Gasteiger partial charge in [-0.15, -0.1) is 11.3 Å². The van der Waals surface area contributed by atoms with Crippen LogP contribution in [-0.4, -0.2) is 119 Å². The Hall–Kier alpha value is -2.98. The molecule has 0 radical (unpaired) electrons. The summed E-state index contributed by atoms with van der Waals surface area (Å²) in [5, 5.41) is 8.56. The minimum Gasteiger partial charge on any atom is -0.491 e. The lowest BCUT2D eigenvalue weighted by Crippen LogP contribution is -2.55. The van der Waals surface area contributed by atoms with Crippen LogP contribution in [0.1, 0.15) is 79.0 Å². The lowest BCUT2D eigenvalue weighted by atomic mass is 9.83. The number of hydrogen-bond donors (Lipinski definition) is 3. The van der Waals surface area contributed by atoms with Crippen LogP contribution >= 0.6 is 11.3 Å². The number of carbonyl (C=O) groups is 3. The van der Waals surface area contributed by atoms with Gasteiger partial charge in [-0.05, 0) is 57.7 Å². The van der Waals surface area contributed by atoms with Crippen LogP contribution in [0.3, 0.4) is 0 Å². The van der Waals surface area contributed by atoms with Crippen molar-refractivity contribution in [1.29, 1.82) is 0 Å². The molecule has 4 rings (SSSR count). The summed E-state index contributed by atoms with van der Waals surface area (Å²) in [6, 6.07) is 5.85. The topological polar surface area (TPSA) is 164 Å². The van der Waals surface area contributed by atoms with E-state index in [1.165, 1.54) is 11.3 Å². The van der Waals surface area contributed by atoms with Gasteiger partial charge in [0.25, 0.3) is 0 Å². The first-order chi connectivity index (χ1) is 24.4. The van der Waals surface area contributed by atoms with Gasteiger partial charge in [-0.3, -0.25) is 14.4 Å². The number of likely N-dealkylation sites (N-methyl/N-ethyl adjacent to an activating group) is 1. The van der Waals surface area contributed by atoms with E-state index >= 15 is 0 Å². The third-order valence-electron chi connectivity index (χ3n) is 9.06. The van der Waals surface area contributed by atoms with Gasteiger partial charge in [-0.1, -0.05) is 31.4 Å². The molecular weight excluding hydrogens is 662 g/mol. The van der Waals surface area contributed by atoms with E-state index in [2.05, 4.69) is 10.6 Å². The van der Waals surface area contributed by atoms with Crippen LogP contribution in [0.2, 0.25) is 0 Å². The van der Waals surface area contributed by atoms with Crippen molar-refractivity contribution in [3.63, 3.8) is 0 Å². The highest BCUT2D eigenvalue weighted by Crippen LogP contribution is 2.36. The molecule has 0 spiro atoms. The van der Waals surface area contributed by atoms with Gasteiger partial charge in [-0.25, -0.2) is 4.98 Å². The second-order valence-electron chi connectivity index (χ2n) is 12.6. The summed E-state index contributed by atoms with van der Waals surface area (Å²) in [6.07, 6.45) is 6.74. The van der Waals surface area contributed by atoms with E-state index in [4.69, 9.17) is 34.4 Å². The number of ketones is 1. The third-order valence-corrected chi connectivity index (χ3v) is 10.0. The number of hydrogen-bond acceptors (Lipinski definition) is 12. The minimum atomic E-state index is -0.565. The summed E-state index contributed by atoms with van der Waals surface area (Å²) in [4.78, 5) is 47.0. The number of amides is 2. The SMILES string of the molecule is CNC(C)C(=O)NC(C(=O)N1CCC[C@H]1c1nc(C(=O)c2cccc(OCCOCCOCCOCCOCCN)c2)cs1)C1CCCCC1. The highest BCUT2D eigenvalue weighted by Gasteiger charge is 2.40. The van der Waals surface area contributed by atoms with Crippen LogP contribution in [0, 0.1) is 5.92 Å². The molecule has 1 saturated carbocycles. The average molecular weight is 718 g/mol. The predicted octanol–water partition coefficient (Wildman–Crippen LogP) is 3.11. The van der Waals surface area contributed by atoms with Crippen molar-refractivity contribution in [1.82, 2.24) is 20.5 Å². The van der Waals surface area contributed by atoms with Gasteiger partial charge in [0.2, 0.25) is 17.6 Å².